The van der Waals surface area contributed by atoms with Crippen LogP contribution >= 0.6 is 0 Å². The Labute approximate surface area is 88.0 Å². The van der Waals surface area contributed by atoms with E-state index in [1.165, 1.54) is 0 Å². The predicted molar refractivity (Wildman–Crippen MR) is 58.0 cm³/mol. The number of hydrogen-bond donors (Lipinski definition) is 2. The molecule has 0 saturated heterocycles. The van der Waals surface area contributed by atoms with E-state index < -0.39 is 0 Å². The lowest BCUT2D eigenvalue weighted by molar-refractivity contribution is 0.475. The molecule has 0 aliphatic carbocycles. The predicted octanol–water partition coefficient (Wildman–Crippen LogP) is 1.08. The number of nitrogens with zero attached hydrogens (tertiary/aromatic N) is 2. The van der Waals surface area contributed by atoms with E-state index >= 15 is 0 Å². The van der Waals surface area contributed by atoms with Crippen LogP contribution in [0, 0.1) is 0 Å². The zero-order valence-corrected chi connectivity index (χ0v) is 8.30. The Morgan fingerprint density at radius 1 is 1.33 bits per heavy atom. The molecule has 0 spiro atoms. The normalized spacial score (nSPS) is 10.5. The van der Waals surface area contributed by atoms with Gasteiger partial charge in [0, 0.05) is 18.7 Å². The molecule has 2 rings (SSSR count). The molecule has 0 saturated carbocycles. The number of hydrogen-bond acceptors (Lipinski definition) is 3. The van der Waals surface area contributed by atoms with Crippen molar-refractivity contribution in [2.45, 2.75) is 6.42 Å². The zero-order valence-electron chi connectivity index (χ0n) is 8.30. The third kappa shape index (κ3) is 2.16. The van der Waals surface area contributed by atoms with Crippen molar-refractivity contribution in [3.63, 3.8) is 0 Å². The lowest BCUT2D eigenvalue weighted by Crippen LogP contribution is -2.04. The van der Waals surface area contributed by atoms with Crippen molar-refractivity contribution < 1.29 is 5.11 Å². The smallest absolute Gasteiger partial charge is 0.117 e. The van der Waals surface area contributed by atoms with Gasteiger partial charge in [0.05, 0.1) is 11.4 Å². The van der Waals surface area contributed by atoms with Crippen LogP contribution in [-0.4, -0.2) is 21.4 Å². The molecule has 15 heavy (non-hydrogen) atoms. The molecule has 0 atom stereocenters. The molecule has 4 nitrogen and oxygen atoms in total. The Morgan fingerprint density at radius 2 is 2.20 bits per heavy atom. The van der Waals surface area contributed by atoms with Crippen molar-refractivity contribution in [1.29, 1.82) is 0 Å². The summed E-state index contributed by atoms with van der Waals surface area (Å²) in [7, 11) is 0. The van der Waals surface area contributed by atoms with Gasteiger partial charge >= 0.3 is 0 Å². The van der Waals surface area contributed by atoms with Gasteiger partial charge in [0.25, 0.3) is 0 Å². The largest absolute Gasteiger partial charge is 0.508 e. The number of aromatic hydroxyl groups is 1. The van der Waals surface area contributed by atoms with Crippen LogP contribution in [0.3, 0.4) is 0 Å². The molecular weight excluding hydrogens is 190 g/mol. The second kappa shape index (κ2) is 4.14. The number of phenols is 1. The van der Waals surface area contributed by atoms with Gasteiger partial charge in [0.2, 0.25) is 0 Å². The second-order valence-corrected chi connectivity index (χ2v) is 3.31. The van der Waals surface area contributed by atoms with Gasteiger partial charge in [0.15, 0.2) is 0 Å². The summed E-state index contributed by atoms with van der Waals surface area (Å²) in [5.41, 5.74) is 7.25. The third-order valence-electron chi connectivity index (χ3n) is 2.14. The van der Waals surface area contributed by atoms with Crippen LogP contribution in [0.15, 0.2) is 36.5 Å². The van der Waals surface area contributed by atoms with Crippen molar-refractivity contribution in [3.8, 4) is 11.4 Å². The van der Waals surface area contributed by atoms with Gasteiger partial charge in [-0.25, -0.2) is 4.68 Å². The second-order valence-electron chi connectivity index (χ2n) is 3.31. The van der Waals surface area contributed by atoms with Gasteiger partial charge in [0.1, 0.15) is 5.75 Å². The van der Waals surface area contributed by atoms with E-state index in [1.807, 2.05) is 18.3 Å². The maximum Gasteiger partial charge on any atom is 0.117 e. The lowest BCUT2D eigenvalue weighted by Gasteiger charge is -2.01. The summed E-state index contributed by atoms with van der Waals surface area (Å²) in [4.78, 5) is 0. The minimum atomic E-state index is 0.239. The van der Waals surface area contributed by atoms with Crippen LogP contribution in [-0.2, 0) is 6.42 Å². The molecule has 4 heteroatoms. The van der Waals surface area contributed by atoms with E-state index in [1.54, 1.807) is 22.9 Å². The number of nitrogens with two attached hydrogens (primary N) is 1. The molecule has 78 valence electrons. The first-order chi connectivity index (χ1) is 7.29. The molecule has 0 bridgehead atoms. The first-order valence-corrected chi connectivity index (χ1v) is 4.83. The lowest BCUT2D eigenvalue weighted by atomic mass is 10.3. The van der Waals surface area contributed by atoms with E-state index in [0.29, 0.717) is 6.54 Å². The highest BCUT2D eigenvalue weighted by Gasteiger charge is 2.00. The van der Waals surface area contributed by atoms with Crippen molar-refractivity contribution in [2.24, 2.45) is 5.73 Å². The van der Waals surface area contributed by atoms with Gasteiger partial charge in [-0.15, -0.1) is 0 Å². The first-order valence-electron chi connectivity index (χ1n) is 4.83. The van der Waals surface area contributed by atoms with E-state index in [4.69, 9.17) is 5.73 Å². The highest BCUT2D eigenvalue weighted by Crippen LogP contribution is 2.14. The van der Waals surface area contributed by atoms with E-state index in [-0.39, 0.29) is 5.75 Å². The molecule has 0 fully saturated rings. The molecule has 1 aromatic heterocycles. The average Bonchev–Trinajstić information content (AvgIpc) is 2.67. The summed E-state index contributed by atoms with van der Waals surface area (Å²) in [5, 5.41) is 13.7. The zero-order chi connectivity index (χ0) is 10.7. The Kier molecular flexibility index (Phi) is 2.69. The fourth-order valence-electron chi connectivity index (χ4n) is 1.42. The number of phenolic OH excluding ortho intramolecular Hbond substituents is 1. The number of benzene rings is 1. The minimum Gasteiger partial charge on any atom is -0.508 e. The standard InChI is InChI=1S/C11H13N3O/c12-6-4-9-5-7-14(13-9)10-2-1-3-11(15)8-10/h1-3,5,7-8,15H,4,6,12H2. The van der Waals surface area contributed by atoms with Crippen LogP contribution in [0.5, 0.6) is 5.75 Å². The topological polar surface area (TPSA) is 64.1 Å². The van der Waals surface area contributed by atoms with Gasteiger partial charge in [-0.1, -0.05) is 6.07 Å². The summed E-state index contributed by atoms with van der Waals surface area (Å²) in [6.45, 7) is 0.594. The fraction of sp³-hybridized carbons (Fsp3) is 0.182. The van der Waals surface area contributed by atoms with Crippen LogP contribution in [0.1, 0.15) is 5.69 Å². The van der Waals surface area contributed by atoms with Gasteiger partial charge in [-0.05, 0) is 24.7 Å². The quantitative estimate of drug-likeness (QED) is 0.784. The van der Waals surface area contributed by atoms with Crippen molar-refractivity contribution in [1.82, 2.24) is 9.78 Å². The first kappa shape index (κ1) is 9.73. The maximum absolute atomic E-state index is 9.32. The van der Waals surface area contributed by atoms with Gasteiger partial charge < -0.3 is 10.8 Å². The summed E-state index contributed by atoms with van der Waals surface area (Å²) < 4.78 is 1.73. The maximum atomic E-state index is 9.32. The molecule has 0 aliphatic rings. The third-order valence-corrected chi connectivity index (χ3v) is 2.14. The van der Waals surface area contributed by atoms with Crippen LogP contribution in [0.2, 0.25) is 0 Å². The molecule has 2 aromatic rings. The highest BCUT2D eigenvalue weighted by atomic mass is 16.3. The number of rotatable bonds is 3. The van der Waals surface area contributed by atoms with Crippen LogP contribution < -0.4 is 5.73 Å². The summed E-state index contributed by atoms with van der Waals surface area (Å²) in [6.07, 6.45) is 2.63. The average molecular weight is 203 g/mol. The molecular formula is C11H13N3O. The van der Waals surface area contributed by atoms with Crippen molar-refractivity contribution in [2.75, 3.05) is 6.54 Å². The summed E-state index contributed by atoms with van der Waals surface area (Å²) in [5.74, 6) is 0.239. The molecule has 3 N–H and O–H groups in total. The van der Waals surface area contributed by atoms with E-state index in [2.05, 4.69) is 5.10 Å². The van der Waals surface area contributed by atoms with E-state index in [0.717, 1.165) is 17.8 Å². The van der Waals surface area contributed by atoms with E-state index in [9.17, 15) is 5.11 Å². The molecule has 0 aliphatic heterocycles. The van der Waals surface area contributed by atoms with Gasteiger partial charge in [-0.2, -0.15) is 5.10 Å². The Morgan fingerprint density at radius 3 is 2.93 bits per heavy atom. The van der Waals surface area contributed by atoms with Crippen molar-refractivity contribution >= 4 is 0 Å². The monoisotopic (exact) mass is 203 g/mol. The number of aromatic nitrogens is 2. The summed E-state index contributed by atoms with van der Waals surface area (Å²) in [6, 6.07) is 8.90. The SMILES string of the molecule is NCCc1ccn(-c2cccc(O)c2)n1. The Bertz CT molecular complexity index is 451. The van der Waals surface area contributed by atoms with Crippen molar-refractivity contribution in [3.05, 3.63) is 42.2 Å². The minimum absolute atomic E-state index is 0.239. The molecule has 0 amide bonds. The van der Waals surface area contributed by atoms with Crippen LogP contribution in [0.25, 0.3) is 5.69 Å². The molecule has 1 aromatic carbocycles. The Hall–Kier alpha value is -1.81. The van der Waals surface area contributed by atoms with Gasteiger partial charge in [-0.3, -0.25) is 0 Å². The summed E-state index contributed by atoms with van der Waals surface area (Å²) >= 11 is 0. The molecule has 0 radical (unpaired) electrons. The molecule has 1 heterocycles. The van der Waals surface area contributed by atoms with Crippen LogP contribution in [0.4, 0.5) is 0 Å². The fourth-order valence-corrected chi connectivity index (χ4v) is 1.42. The highest BCUT2D eigenvalue weighted by molar-refractivity contribution is 5.37. The molecule has 0 unspecified atom stereocenters. The Balaban J connectivity index is 2.29.